The van der Waals surface area contributed by atoms with Crippen LogP contribution in [0.1, 0.15) is 10.5 Å². The summed E-state index contributed by atoms with van der Waals surface area (Å²) in [7, 11) is 3.92. The first-order chi connectivity index (χ1) is 9.06. The smallest absolute Gasteiger partial charge is 0.356 e. The first-order valence-electron chi connectivity index (χ1n) is 5.68. The summed E-state index contributed by atoms with van der Waals surface area (Å²) in [4.78, 5) is 12.7. The van der Waals surface area contributed by atoms with Crippen LogP contribution < -0.4 is 10.2 Å². The fourth-order valence-corrected chi connectivity index (χ4v) is 1.52. The molecule has 6 nitrogen and oxygen atoms in total. The lowest BCUT2D eigenvalue weighted by Gasteiger charge is -2.14. The number of nitrogens with zero attached hydrogens (tertiary/aromatic N) is 3. The molecule has 0 radical (unpaired) electrons. The number of anilines is 3. The molecule has 98 valence electrons. The molecule has 0 spiro atoms. The predicted octanol–water partition coefficient (Wildman–Crippen LogP) is 1.98. The summed E-state index contributed by atoms with van der Waals surface area (Å²) in [5.41, 5.74) is 1.84. The lowest BCUT2D eigenvalue weighted by Crippen LogP contribution is -2.08. The van der Waals surface area contributed by atoms with Crippen molar-refractivity contribution in [2.45, 2.75) is 0 Å². The molecule has 1 aromatic carbocycles. The van der Waals surface area contributed by atoms with Crippen LogP contribution in [0.4, 0.5) is 17.2 Å². The van der Waals surface area contributed by atoms with Crippen molar-refractivity contribution >= 4 is 23.2 Å². The van der Waals surface area contributed by atoms with E-state index in [1.807, 2.05) is 43.3 Å². The van der Waals surface area contributed by atoms with Gasteiger partial charge in [0.25, 0.3) is 0 Å². The quantitative estimate of drug-likeness (QED) is 0.873. The van der Waals surface area contributed by atoms with Gasteiger partial charge in [-0.3, -0.25) is 0 Å². The molecule has 2 N–H and O–H groups in total. The van der Waals surface area contributed by atoms with E-state index < -0.39 is 5.97 Å². The Morgan fingerprint density at radius 3 is 2.58 bits per heavy atom. The van der Waals surface area contributed by atoms with Crippen LogP contribution in [0.2, 0.25) is 0 Å². The Kier molecular flexibility index (Phi) is 3.61. The van der Waals surface area contributed by atoms with Gasteiger partial charge in [0, 0.05) is 25.5 Å². The largest absolute Gasteiger partial charge is 0.476 e. The van der Waals surface area contributed by atoms with Crippen molar-refractivity contribution in [3.8, 4) is 0 Å². The summed E-state index contributed by atoms with van der Waals surface area (Å²) in [5.74, 6) is -0.588. The van der Waals surface area contributed by atoms with Crippen LogP contribution in [0.3, 0.4) is 0 Å². The zero-order valence-electron chi connectivity index (χ0n) is 10.7. The molecule has 0 aliphatic rings. The average Bonchev–Trinajstić information content (AvgIpc) is 2.39. The SMILES string of the molecule is CN(C)c1cccc(Nc2ccc(C(=O)O)nn2)c1. The highest BCUT2D eigenvalue weighted by molar-refractivity contribution is 5.85. The molecule has 0 bridgehead atoms. The minimum Gasteiger partial charge on any atom is -0.476 e. The molecular formula is C13H14N4O2. The molecule has 0 saturated heterocycles. The molecular weight excluding hydrogens is 244 g/mol. The summed E-state index contributed by atoms with van der Waals surface area (Å²) in [6.07, 6.45) is 0. The molecule has 19 heavy (non-hydrogen) atoms. The number of nitrogens with one attached hydrogen (secondary N) is 1. The number of aromatic nitrogens is 2. The Balaban J connectivity index is 2.16. The lowest BCUT2D eigenvalue weighted by molar-refractivity contribution is 0.0689. The fourth-order valence-electron chi connectivity index (χ4n) is 1.52. The van der Waals surface area contributed by atoms with Gasteiger partial charge in [0.05, 0.1) is 0 Å². The molecule has 0 saturated carbocycles. The Hall–Kier alpha value is -2.63. The molecule has 2 aromatic rings. The van der Waals surface area contributed by atoms with E-state index in [0.717, 1.165) is 11.4 Å². The van der Waals surface area contributed by atoms with E-state index >= 15 is 0 Å². The Bertz CT molecular complexity index is 581. The highest BCUT2D eigenvalue weighted by atomic mass is 16.4. The topological polar surface area (TPSA) is 78.4 Å². The van der Waals surface area contributed by atoms with Crippen molar-refractivity contribution < 1.29 is 9.90 Å². The van der Waals surface area contributed by atoms with E-state index in [0.29, 0.717) is 5.82 Å². The van der Waals surface area contributed by atoms with E-state index in [-0.39, 0.29) is 5.69 Å². The standard InChI is InChI=1S/C13H14N4O2/c1-17(2)10-5-3-4-9(8-10)14-12-7-6-11(13(18)19)15-16-12/h3-8H,1-2H3,(H,14,16)(H,18,19). The molecule has 0 aliphatic carbocycles. The van der Waals surface area contributed by atoms with Crippen molar-refractivity contribution in [1.82, 2.24) is 10.2 Å². The van der Waals surface area contributed by atoms with Gasteiger partial charge in [-0.05, 0) is 30.3 Å². The second kappa shape index (κ2) is 5.34. The van der Waals surface area contributed by atoms with Gasteiger partial charge in [-0.25, -0.2) is 4.79 Å². The van der Waals surface area contributed by atoms with Crippen LogP contribution in [-0.4, -0.2) is 35.4 Å². The number of carboxylic acid groups (broad SMARTS) is 1. The lowest BCUT2D eigenvalue weighted by atomic mass is 10.2. The zero-order valence-corrected chi connectivity index (χ0v) is 10.7. The maximum atomic E-state index is 10.7. The summed E-state index contributed by atoms with van der Waals surface area (Å²) < 4.78 is 0. The fraction of sp³-hybridized carbons (Fsp3) is 0.154. The first-order valence-corrected chi connectivity index (χ1v) is 5.68. The van der Waals surface area contributed by atoms with Gasteiger partial charge >= 0.3 is 5.97 Å². The monoisotopic (exact) mass is 258 g/mol. The molecule has 0 atom stereocenters. The van der Waals surface area contributed by atoms with Crippen molar-refractivity contribution in [3.05, 3.63) is 42.1 Å². The number of rotatable bonds is 4. The maximum absolute atomic E-state index is 10.7. The van der Waals surface area contributed by atoms with Crippen molar-refractivity contribution in [2.75, 3.05) is 24.3 Å². The van der Waals surface area contributed by atoms with Gasteiger partial charge in [0.15, 0.2) is 11.5 Å². The van der Waals surface area contributed by atoms with Crippen LogP contribution in [-0.2, 0) is 0 Å². The minimum absolute atomic E-state index is 0.0763. The van der Waals surface area contributed by atoms with Crippen LogP contribution in [0, 0.1) is 0 Å². The van der Waals surface area contributed by atoms with Gasteiger partial charge in [-0.1, -0.05) is 6.07 Å². The Labute approximate surface area is 110 Å². The van der Waals surface area contributed by atoms with E-state index in [1.165, 1.54) is 6.07 Å². The van der Waals surface area contributed by atoms with Gasteiger partial charge in [0.1, 0.15) is 0 Å². The van der Waals surface area contributed by atoms with Gasteiger partial charge in [-0.15, -0.1) is 10.2 Å². The predicted molar refractivity (Wildman–Crippen MR) is 73.0 cm³/mol. The minimum atomic E-state index is -1.09. The van der Waals surface area contributed by atoms with E-state index in [4.69, 9.17) is 5.11 Å². The summed E-state index contributed by atoms with van der Waals surface area (Å²) in [6.45, 7) is 0. The molecule has 0 amide bonds. The molecule has 0 unspecified atom stereocenters. The third-order valence-corrected chi connectivity index (χ3v) is 2.52. The number of hydrogen-bond donors (Lipinski definition) is 2. The highest BCUT2D eigenvalue weighted by Crippen LogP contribution is 2.20. The van der Waals surface area contributed by atoms with Crippen LogP contribution >= 0.6 is 0 Å². The van der Waals surface area contributed by atoms with Crippen LogP contribution in [0.15, 0.2) is 36.4 Å². The van der Waals surface area contributed by atoms with E-state index in [9.17, 15) is 4.79 Å². The molecule has 1 heterocycles. The second-order valence-electron chi connectivity index (χ2n) is 4.18. The van der Waals surface area contributed by atoms with Crippen molar-refractivity contribution in [1.29, 1.82) is 0 Å². The van der Waals surface area contributed by atoms with Gasteiger partial charge < -0.3 is 15.3 Å². The molecule has 2 rings (SSSR count). The number of carboxylic acids is 1. The van der Waals surface area contributed by atoms with Crippen LogP contribution in [0.25, 0.3) is 0 Å². The molecule has 1 aromatic heterocycles. The molecule has 0 fully saturated rings. The summed E-state index contributed by atoms with van der Waals surface area (Å²) in [5, 5.41) is 19.2. The normalized spacial score (nSPS) is 10.0. The number of benzene rings is 1. The number of aromatic carboxylic acids is 1. The third-order valence-electron chi connectivity index (χ3n) is 2.52. The van der Waals surface area contributed by atoms with Crippen molar-refractivity contribution in [3.63, 3.8) is 0 Å². The average molecular weight is 258 g/mol. The Morgan fingerprint density at radius 1 is 1.21 bits per heavy atom. The van der Waals surface area contributed by atoms with Gasteiger partial charge in [-0.2, -0.15) is 0 Å². The number of carbonyl (C=O) groups is 1. The highest BCUT2D eigenvalue weighted by Gasteiger charge is 2.05. The third kappa shape index (κ3) is 3.19. The maximum Gasteiger partial charge on any atom is 0.356 e. The summed E-state index contributed by atoms with van der Waals surface area (Å²) in [6, 6.07) is 10.8. The van der Waals surface area contributed by atoms with Gasteiger partial charge in [0.2, 0.25) is 0 Å². The number of hydrogen-bond acceptors (Lipinski definition) is 5. The first kappa shape index (κ1) is 12.8. The molecule has 6 heteroatoms. The van der Waals surface area contributed by atoms with E-state index in [1.54, 1.807) is 6.07 Å². The Morgan fingerprint density at radius 2 is 2.00 bits per heavy atom. The second-order valence-corrected chi connectivity index (χ2v) is 4.18. The van der Waals surface area contributed by atoms with Crippen molar-refractivity contribution in [2.24, 2.45) is 0 Å². The zero-order chi connectivity index (χ0) is 13.8. The molecule has 0 aliphatic heterocycles. The van der Waals surface area contributed by atoms with E-state index in [2.05, 4.69) is 15.5 Å². The van der Waals surface area contributed by atoms with Crippen LogP contribution in [0.5, 0.6) is 0 Å². The summed E-state index contributed by atoms with van der Waals surface area (Å²) >= 11 is 0.